The van der Waals surface area contributed by atoms with Gasteiger partial charge in [-0.3, -0.25) is 0 Å². The molecular weight excluding hydrogens is 186 g/mol. The van der Waals surface area contributed by atoms with Crippen LogP contribution in [-0.4, -0.2) is 19.3 Å². The van der Waals surface area contributed by atoms with Crippen molar-refractivity contribution in [1.82, 2.24) is 0 Å². The zero-order valence-corrected chi connectivity index (χ0v) is 9.33. The van der Waals surface area contributed by atoms with Gasteiger partial charge in [0, 0.05) is 24.9 Å². The summed E-state index contributed by atoms with van der Waals surface area (Å²) in [5, 5.41) is 3.58. The molecule has 0 aliphatic carbocycles. The van der Waals surface area contributed by atoms with E-state index in [1.807, 2.05) is 6.92 Å². The van der Waals surface area contributed by atoms with Gasteiger partial charge in [-0.1, -0.05) is 18.2 Å². The van der Waals surface area contributed by atoms with E-state index in [-0.39, 0.29) is 0 Å². The molecule has 2 heteroatoms. The third-order valence-corrected chi connectivity index (χ3v) is 2.95. The van der Waals surface area contributed by atoms with Gasteiger partial charge in [0.1, 0.15) is 0 Å². The number of nitrogens with one attached hydrogen (secondary N) is 1. The first kappa shape index (κ1) is 10.5. The Balaban J connectivity index is 1.88. The molecular formula is C13H19NO. The van der Waals surface area contributed by atoms with Gasteiger partial charge in [0.15, 0.2) is 0 Å². The Morgan fingerprint density at radius 1 is 1.40 bits per heavy atom. The van der Waals surface area contributed by atoms with Gasteiger partial charge < -0.3 is 10.1 Å². The van der Waals surface area contributed by atoms with E-state index in [1.54, 1.807) is 0 Å². The molecule has 1 aromatic rings. The summed E-state index contributed by atoms with van der Waals surface area (Å²) in [7, 11) is 0. The molecule has 15 heavy (non-hydrogen) atoms. The van der Waals surface area contributed by atoms with Crippen LogP contribution >= 0.6 is 0 Å². The molecule has 1 aliphatic heterocycles. The molecule has 0 aromatic heterocycles. The molecule has 1 atom stereocenters. The fourth-order valence-electron chi connectivity index (χ4n) is 2.09. The van der Waals surface area contributed by atoms with Crippen molar-refractivity contribution in [2.45, 2.75) is 32.2 Å². The largest absolute Gasteiger partial charge is 0.382 e. The van der Waals surface area contributed by atoms with E-state index in [0.717, 1.165) is 19.6 Å². The summed E-state index contributed by atoms with van der Waals surface area (Å²) in [6, 6.07) is 9.17. The van der Waals surface area contributed by atoms with Crippen LogP contribution in [0.4, 0.5) is 5.69 Å². The average molecular weight is 205 g/mol. The Bertz CT molecular complexity index is 311. The second-order valence-electron chi connectivity index (χ2n) is 4.02. The fourth-order valence-corrected chi connectivity index (χ4v) is 2.09. The third kappa shape index (κ3) is 2.72. The zero-order chi connectivity index (χ0) is 10.5. The number of aryl methyl sites for hydroxylation is 1. The SMILES string of the molecule is CCOCCC1CCc2ccccc2N1. The normalized spacial score (nSPS) is 19.4. The van der Waals surface area contributed by atoms with Gasteiger partial charge in [-0.05, 0) is 37.8 Å². The topological polar surface area (TPSA) is 21.3 Å². The molecule has 2 nitrogen and oxygen atoms in total. The number of benzene rings is 1. The molecule has 82 valence electrons. The molecule has 0 amide bonds. The first-order chi connectivity index (χ1) is 7.40. The summed E-state index contributed by atoms with van der Waals surface area (Å²) in [5.41, 5.74) is 2.76. The van der Waals surface area contributed by atoms with Crippen molar-refractivity contribution in [3.05, 3.63) is 29.8 Å². The van der Waals surface area contributed by atoms with Crippen LogP contribution in [0.2, 0.25) is 0 Å². The molecule has 1 N–H and O–H groups in total. The number of anilines is 1. The van der Waals surface area contributed by atoms with Gasteiger partial charge in [-0.2, -0.15) is 0 Å². The number of hydrogen-bond donors (Lipinski definition) is 1. The number of para-hydroxylation sites is 1. The first-order valence-corrected chi connectivity index (χ1v) is 5.82. The molecule has 0 bridgehead atoms. The van der Waals surface area contributed by atoms with Crippen LogP contribution in [0, 0.1) is 0 Å². The monoisotopic (exact) mass is 205 g/mol. The van der Waals surface area contributed by atoms with Crippen molar-refractivity contribution < 1.29 is 4.74 Å². The molecule has 0 saturated carbocycles. The lowest BCUT2D eigenvalue weighted by atomic mass is 9.96. The van der Waals surface area contributed by atoms with Gasteiger partial charge in [-0.25, -0.2) is 0 Å². The number of fused-ring (bicyclic) bond motifs is 1. The highest BCUT2D eigenvalue weighted by Gasteiger charge is 2.16. The van der Waals surface area contributed by atoms with Gasteiger partial charge in [0.25, 0.3) is 0 Å². The van der Waals surface area contributed by atoms with E-state index in [4.69, 9.17) is 4.74 Å². The maximum Gasteiger partial charge on any atom is 0.0485 e. The van der Waals surface area contributed by atoms with Crippen LogP contribution in [0.5, 0.6) is 0 Å². The van der Waals surface area contributed by atoms with E-state index in [2.05, 4.69) is 29.6 Å². The molecule has 0 spiro atoms. The summed E-state index contributed by atoms with van der Waals surface area (Å²) in [4.78, 5) is 0. The predicted molar refractivity (Wildman–Crippen MR) is 63.3 cm³/mol. The summed E-state index contributed by atoms with van der Waals surface area (Å²) < 4.78 is 5.38. The van der Waals surface area contributed by atoms with Crippen molar-refractivity contribution in [2.75, 3.05) is 18.5 Å². The Labute approximate surface area is 91.6 Å². The highest BCUT2D eigenvalue weighted by molar-refractivity contribution is 5.53. The van der Waals surface area contributed by atoms with Crippen molar-refractivity contribution >= 4 is 5.69 Å². The Morgan fingerprint density at radius 3 is 3.13 bits per heavy atom. The molecule has 1 aromatic carbocycles. The van der Waals surface area contributed by atoms with E-state index in [9.17, 15) is 0 Å². The smallest absolute Gasteiger partial charge is 0.0485 e. The number of ether oxygens (including phenoxy) is 1. The highest BCUT2D eigenvalue weighted by atomic mass is 16.5. The number of rotatable bonds is 4. The van der Waals surface area contributed by atoms with Crippen LogP contribution in [-0.2, 0) is 11.2 Å². The number of hydrogen-bond acceptors (Lipinski definition) is 2. The van der Waals surface area contributed by atoms with Crippen molar-refractivity contribution in [3.63, 3.8) is 0 Å². The van der Waals surface area contributed by atoms with Gasteiger partial charge >= 0.3 is 0 Å². The van der Waals surface area contributed by atoms with Crippen molar-refractivity contribution in [3.8, 4) is 0 Å². The fraction of sp³-hybridized carbons (Fsp3) is 0.538. The second kappa shape index (κ2) is 5.17. The predicted octanol–water partition coefficient (Wildman–Crippen LogP) is 2.84. The summed E-state index contributed by atoms with van der Waals surface area (Å²) in [6.45, 7) is 3.74. The van der Waals surface area contributed by atoms with Gasteiger partial charge in [0.05, 0.1) is 0 Å². The minimum atomic E-state index is 0.589. The minimum absolute atomic E-state index is 0.589. The summed E-state index contributed by atoms with van der Waals surface area (Å²) in [5.74, 6) is 0. The highest BCUT2D eigenvalue weighted by Crippen LogP contribution is 2.25. The summed E-state index contributed by atoms with van der Waals surface area (Å²) >= 11 is 0. The average Bonchev–Trinajstić information content (AvgIpc) is 2.29. The van der Waals surface area contributed by atoms with E-state index in [1.165, 1.54) is 24.1 Å². The van der Waals surface area contributed by atoms with E-state index >= 15 is 0 Å². The van der Waals surface area contributed by atoms with Gasteiger partial charge in [0.2, 0.25) is 0 Å². The zero-order valence-electron chi connectivity index (χ0n) is 9.33. The third-order valence-electron chi connectivity index (χ3n) is 2.95. The molecule has 1 aliphatic rings. The quantitative estimate of drug-likeness (QED) is 0.763. The molecule has 1 heterocycles. The first-order valence-electron chi connectivity index (χ1n) is 5.82. The molecule has 1 unspecified atom stereocenters. The molecule has 0 radical (unpaired) electrons. The Kier molecular flexibility index (Phi) is 3.62. The lowest BCUT2D eigenvalue weighted by Gasteiger charge is -2.26. The van der Waals surface area contributed by atoms with Crippen LogP contribution in [0.3, 0.4) is 0 Å². The summed E-state index contributed by atoms with van der Waals surface area (Å²) in [6.07, 6.45) is 3.53. The Morgan fingerprint density at radius 2 is 2.27 bits per heavy atom. The van der Waals surface area contributed by atoms with Gasteiger partial charge in [-0.15, -0.1) is 0 Å². The maximum absolute atomic E-state index is 5.38. The molecule has 0 fully saturated rings. The van der Waals surface area contributed by atoms with Crippen molar-refractivity contribution in [2.24, 2.45) is 0 Å². The lowest BCUT2D eigenvalue weighted by molar-refractivity contribution is 0.140. The van der Waals surface area contributed by atoms with E-state index in [0.29, 0.717) is 6.04 Å². The molecule has 2 rings (SSSR count). The molecule has 0 saturated heterocycles. The maximum atomic E-state index is 5.38. The standard InChI is InChI=1S/C13H19NO/c1-2-15-10-9-12-8-7-11-5-3-4-6-13(11)14-12/h3-6,12,14H,2,7-10H2,1H3. The van der Waals surface area contributed by atoms with E-state index < -0.39 is 0 Å². The lowest BCUT2D eigenvalue weighted by Crippen LogP contribution is -2.26. The minimum Gasteiger partial charge on any atom is -0.382 e. The van der Waals surface area contributed by atoms with Crippen LogP contribution in [0.1, 0.15) is 25.3 Å². The van der Waals surface area contributed by atoms with Crippen LogP contribution < -0.4 is 5.32 Å². The van der Waals surface area contributed by atoms with Crippen LogP contribution in [0.15, 0.2) is 24.3 Å². The second-order valence-corrected chi connectivity index (χ2v) is 4.02. The van der Waals surface area contributed by atoms with Crippen molar-refractivity contribution in [1.29, 1.82) is 0 Å². The Hall–Kier alpha value is -1.02. The van der Waals surface area contributed by atoms with Crippen LogP contribution in [0.25, 0.3) is 0 Å².